The van der Waals surface area contributed by atoms with Crippen LogP contribution in [0, 0.1) is 5.92 Å². The lowest BCUT2D eigenvalue weighted by atomic mass is 9.82. The Balaban J connectivity index is 1.49. The SMILES string of the molecule is CC1CC(n2nnc3c2CN(Cc2cccc(C(=O)O)c2)CC3)C1. The van der Waals surface area contributed by atoms with Gasteiger partial charge in [-0.2, -0.15) is 0 Å². The molecule has 0 saturated heterocycles. The first kappa shape index (κ1) is 15.3. The van der Waals surface area contributed by atoms with E-state index in [0.29, 0.717) is 11.6 Å². The molecule has 24 heavy (non-hydrogen) atoms. The van der Waals surface area contributed by atoms with E-state index in [1.165, 1.54) is 18.5 Å². The van der Waals surface area contributed by atoms with Crippen molar-refractivity contribution in [3.8, 4) is 0 Å². The summed E-state index contributed by atoms with van der Waals surface area (Å²) >= 11 is 0. The van der Waals surface area contributed by atoms with Crippen molar-refractivity contribution in [1.29, 1.82) is 0 Å². The number of carboxylic acids is 1. The smallest absolute Gasteiger partial charge is 0.335 e. The van der Waals surface area contributed by atoms with E-state index in [-0.39, 0.29) is 0 Å². The van der Waals surface area contributed by atoms with Crippen molar-refractivity contribution in [2.75, 3.05) is 6.54 Å². The molecule has 1 N–H and O–H groups in total. The van der Waals surface area contributed by atoms with Crippen LogP contribution in [-0.2, 0) is 19.5 Å². The number of fused-ring (bicyclic) bond motifs is 1. The Bertz CT molecular complexity index is 764. The van der Waals surface area contributed by atoms with Crippen LogP contribution in [0.1, 0.15) is 53.1 Å². The molecule has 1 aliphatic carbocycles. The van der Waals surface area contributed by atoms with Crippen LogP contribution in [-0.4, -0.2) is 37.5 Å². The van der Waals surface area contributed by atoms with Crippen LogP contribution in [0.2, 0.25) is 0 Å². The summed E-state index contributed by atoms with van der Waals surface area (Å²) in [5.41, 5.74) is 3.76. The van der Waals surface area contributed by atoms with Gasteiger partial charge in [0.25, 0.3) is 0 Å². The fraction of sp³-hybridized carbons (Fsp3) is 0.500. The second kappa shape index (κ2) is 6.02. The molecule has 0 bridgehead atoms. The van der Waals surface area contributed by atoms with Gasteiger partial charge in [0.2, 0.25) is 0 Å². The minimum Gasteiger partial charge on any atom is -0.478 e. The van der Waals surface area contributed by atoms with Gasteiger partial charge in [-0.25, -0.2) is 9.48 Å². The summed E-state index contributed by atoms with van der Waals surface area (Å²) in [6, 6.07) is 7.71. The molecule has 1 fully saturated rings. The van der Waals surface area contributed by atoms with Crippen LogP contribution in [0.5, 0.6) is 0 Å². The second-order valence-corrected chi connectivity index (χ2v) is 7.12. The molecule has 2 heterocycles. The zero-order valence-corrected chi connectivity index (χ0v) is 13.9. The quantitative estimate of drug-likeness (QED) is 0.935. The first-order chi connectivity index (χ1) is 11.6. The predicted octanol–water partition coefficient (Wildman–Crippen LogP) is 2.51. The summed E-state index contributed by atoms with van der Waals surface area (Å²) in [4.78, 5) is 13.5. The highest BCUT2D eigenvalue weighted by atomic mass is 16.4. The fourth-order valence-electron chi connectivity index (χ4n) is 3.81. The molecule has 0 radical (unpaired) electrons. The molecule has 0 amide bonds. The molecule has 0 spiro atoms. The summed E-state index contributed by atoms with van der Waals surface area (Å²) in [7, 11) is 0. The van der Waals surface area contributed by atoms with E-state index in [2.05, 4.69) is 26.8 Å². The zero-order valence-electron chi connectivity index (χ0n) is 13.9. The molecule has 0 unspecified atom stereocenters. The second-order valence-electron chi connectivity index (χ2n) is 7.12. The summed E-state index contributed by atoms with van der Waals surface area (Å²) in [6.45, 7) is 4.81. The normalized spacial score (nSPS) is 23.5. The molecule has 6 heteroatoms. The van der Waals surface area contributed by atoms with Crippen LogP contribution in [0.25, 0.3) is 0 Å². The topological polar surface area (TPSA) is 71.2 Å². The monoisotopic (exact) mass is 326 g/mol. The Morgan fingerprint density at radius 1 is 1.38 bits per heavy atom. The van der Waals surface area contributed by atoms with Crippen molar-refractivity contribution in [3.63, 3.8) is 0 Å². The van der Waals surface area contributed by atoms with Gasteiger partial charge in [0.05, 0.1) is 23.0 Å². The molecule has 1 aliphatic heterocycles. The summed E-state index contributed by atoms with van der Waals surface area (Å²) < 4.78 is 2.13. The van der Waals surface area contributed by atoms with Crippen molar-refractivity contribution in [1.82, 2.24) is 19.9 Å². The minimum absolute atomic E-state index is 0.348. The summed E-state index contributed by atoms with van der Waals surface area (Å²) in [5, 5.41) is 17.9. The average Bonchev–Trinajstić information content (AvgIpc) is 2.95. The Kier molecular flexibility index (Phi) is 3.84. The van der Waals surface area contributed by atoms with Crippen LogP contribution in [0.3, 0.4) is 0 Å². The van der Waals surface area contributed by atoms with E-state index < -0.39 is 5.97 Å². The Hall–Kier alpha value is -2.21. The summed E-state index contributed by atoms with van der Waals surface area (Å²) in [6.07, 6.45) is 3.29. The highest BCUT2D eigenvalue weighted by Gasteiger charge is 2.32. The number of carbonyl (C=O) groups is 1. The summed E-state index contributed by atoms with van der Waals surface area (Å²) in [5.74, 6) is -0.0903. The van der Waals surface area contributed by atoms with Gasteiger partial charge in [-0.15, -0.1) is 5.10 Å². The van der Waals surface area contributed by atoms with E-state index in [1.807, 2.05) is 12.1 Å². The third-order valence-corrected chi connectivity index (χ3v) is 5.18. The van der Waals surface area contributed by atoms with Gasteiger partial charge in [-0.05, 0) is 36.5 Å². The van der Waals surface area contributed by atoms with Crippen molar-refractivity contribution in [2.24, 2.45) is 5.92 Å². The highest BCUT2D eigenvalue weighted by Crippen LogP contribution is 2.38. The lowest BCUT2D eigenvalue weighted by Crippen LogP contribution is -2.34. The van der Waals surface area contributed by atoms with Crippen molar-refractivity contribution < 1.29 is 9.90 Å². The maximum Gasteiger partial charge on any atom is 0.335 e. The molecular formula is C18H22N4O2. The van der Waals surface area contributed by atoms with Gasteiger partial charge >= 0.3 is 5.97 Å². The molecular weight excluding hydrogens is 304 g/mol. The van der Waals surface area contributed by atoms with Gasteiger partial charge < -0.3 is 5.11 Å². The average molecular weight is 326 g/mol. The number of rotatable bonds is 4. The minimum atomic E-state index is -0.876. The highest BCUT2D eigenvalue weighted by molar-refractivity contribution is 5.87. The lowest BCUT2D eigenvalue weighted by Gasteiger charge is -2.35. The van der Waals surface area contributed by atoms with Crippen LogP contribution >= 0.6 is 0 Å². The van der Waals surface area contributed by atoms with Crippen LogP contribution < -0.4 is 0 Å². The van der Waals surface area contributed by atoms with E-state index in [1.54, 1.807) is 12.1 Å². The molecule has 0 atom stereocenters. The molecule has 126 valence electrons. The number of aromatic nitrogens is 3. The number of hydrogen-bond acceptors (Lipinski definition) is 4. The van der Waals surface area contributed by atoms with E-state index in [0.717, 1.165) is 43.2 Å². The van der Waals surface area contributed by atoms with Gasteiger partial charge in [-0.3, -0.25) is 4.90 Å². The molecule has 1 aromatic carbocycles. The third-order valence-electron chi connectivity index (χ3n) is 5.18. The molecule has 1 aromatic heterocycles. The van der Waals surface area contributed by atoms with E-state index in [4.69, 9.17) is 5.11 Å². The van der Waals surface area contributed by atoms with E-state index >= 15 is 0 Å². The number of hydrogen-bond donors (Lipinski definition) is 1. The number of carboxylic acid groups (broad SMARTS) is 1. The fourth-order valence-corrected chi connectivity index (χ4v) is 3.81. The lowest BCUT2D eigenvalue weighted by molar-refractivity contribution is 0.0696. The maximum absolute atomic E-state index is 11.1. The van der Waals surface area contributed by atoms with Crippen LogP contribution in [0.4, 0.5) is 0 Å². The van der Waals surface area contributed by atoms with Crippen molar-refractivity contribution in [2.45, 2.75) is 45.3 Å². The zero-order chi connectivity index (χ0) is 16.7. The van der Waals surface area contributed by atoms with Gasteiger partial charge in [0.15, 0.2) is 0 Å². The first-order valence-electron chi connectivity index (χ1n) is 8.57. The molecule has 4 rings (SSSR count). The van der Waals surface area contributed by atoms with Gasteiger partial charge in [-0.1, -0.05) is 24.3 Å². The van der Waals surface area contributed by atoms with Crippen molar-refractivity contribution >= 4 is 5.97 Å². The maximum atomic E-state index is 11.1. The van der Waals surface area contributed by atoms with Gasteiger partial charge in [0.1, 0.15) is 0 Å². The molecule has 2 aliphatic rings. The number of benzene rings is 1. The van der Waals surface area contributed by atoms with Crippen LogP contribution in [0.15, 0.2) is 24.3 Å². The van der Waals surface area contributed by atoms with E-state index in [9.17, 15) is 4.79 Å². The first-order valence-corrected chi connectivity index (χ1v) is 8.57. The Morgan fingerprint density at radius 2 is 2.21 bits per heavy atom. The third kappa shape index (κ3) is 2.82. The van der Waals surface area contributed by atoms with Crippen molar-refractivity contribution in [3.05, 3.63) is 46.8 Å². The molecule has 2 aromatic rings. The number of aromatic carboxylic acids is 1. The standard InChI is InChI=1S/C18H22N4O2/c1-12-7-15(8-12)22-17-11-21(6-5-16(17)19-20-22)10-13-3-2-4-14(9-13)18(23)24/h2-4,9,12,15H,5-8,10-11H2,1H3,(H,23,24). The molecule has 1 saturated carbocycles. The Labute approximate surface area is 141 Å². The largest absolute Gasteiger partial charge is 0.478 e. The predicted molar refractivity (Wildman–Crippen MR) is 88.7 cm³/mol. The van der Waals surface area contributed by atoms with Gasteiger partial charge in [0, 0.05) is 26.1 Å². The Morgan fingerprint density at radius 3 is 2.96 bits per heavy atom. The molecule has 6 nitrogen and oxygen atoms in total. The number of nitrogens with zero attached hydrogens (tertiary/aromatic N) is 4.